The van der Waals surface area contributed by atoms with Crippen LogP contribution in [0.4, 0.5) is 15.8 Å². The van der Waals surface area contributed by atoms with Crippen LogP contribution < -0.4 is 10.6 Å². The Kier molecular flexibility index (Phi) is 4.39. The Labute approximate surface area is 125 Å². The van der Waals surface area contributed by atoms with Crippen molar-refractivity contribution in [2.75, 3.05) is 17.2 Å². The normalized spacial score (nSPS) is 10.3. The van der Waals surface area contributed by atoms with Gasteiger partial charge in [0.15, 0.2) is 0 Å². The molecule has 0 radical (unpaired) electrons. The first-order chi connectivity index (χ1) is 9.54. The van der Waals surface area contributed by atoms with Gasteiger partial charge in [-0.2, -0.15) is 0 Å². The number of para-hydroxylation sites is 2. The minimum atomic E-state index is -0.450. The lowest BCUT2D eigenvalue weighted by molar-refractivity contribution is 0.0987. The Morgan fingerprint density at radius 2 is 2.00 bits per heavy atom. The van der Waals surface area contributed by atoms with Crippen LogP contribution in [0.1, 0.15) is 17.3 Å². The first kappa shape index (κ1) is 14.5. The minimum absolute atomic E-state index is 0.273. The van der Waals surface area contributed by atoms with Crippen LogP contribution in [0.3, 0.4) is 0 Å². The van der Waals surface area contributed by atoms with Crippen LogP contribution in [0.5, 0.6) is 0 Å². The number of hydrogen-bond donors (Lipinski definition) is 1. The summed E-state index contributed by atoms with van der Waals surface area (Å²) in [7, 11) is 0. The highest BCUT2D eigenvalue weighted by Gasteiger charge is 2.20. The predicted octanol–water partition coefficient (Wildman–Crippen LogP) is 3.84. The summed E-state index contributed by atoms with van der Waals surface area (Å²) in [6.45, 7) is 2.29. The number of halogens is 2. The van der Waals surface area contributed by atoms with E-state index in [1.807, 2.05) is 13.0 Å². The second-order valence-electron chi connectivity index (χ2n) is 4.23. The molecule has 1 amide bonds. The van der Waals surface area contributed by atoms with Gasteiger partial charge < -0.3 is 10.6 Å². The lowest BCUT2D eigenvalue weighted by Gasteiger charge is -2.23. The van der Waals surface area contributed by atoms with Crippen molar-refractivity contribution in [3.05, 3.63) is 58.3 Å². The van der Waals surface area contributed by atoms with Crippen LogP contribution in [0.25, 0.3) is 0 Å². The van der Waals surface area contributed by atoms with Crippen molar-refractivity contribution in [2.24, 2.45) is 0 Å². The molecule has 0 aliphatic carbocycles. The summed E-state index contributed by atoms with van der Waals surface area (Å²) in [6, 6.07) is 11.1. The third-order valence-electron chi connectivity index (χ3n) is 2.95. The lowest BCUT2D eigenvalue weighted by atomic mass is 10.1. The van der Waals surface area contributed by atoms with Gasteiger partial charge in [-0.15, -0.1) is 0 Å². The summed E-state index contributed by atoms with van der Waals surface area (Å²) in [5.41, 5.74) is 7.31. The predicted molar refractivity (Wildman–Crippen MR) is 82.3 cm³/mol. The van der Waals surface area contributed by atoms with Crippen molar-refractivity contribution in [2.45, 2.75) is 6.92 Å². The summed E-state index contributed by atoms with van der Waals surface area (Å²) in [4.78, 5) is 14.1. The van der Waals surface area contributed by atoms with Crippen molar-refractivity contribution in [1.82, 2.24) is 0 Å². The number of nitrogen functional groups attached to an aromatic ring is 1. The molecule has 20 heavy (non-hydrogen) atoms. The average Bonchev–Trinajstić information content (AvgIpc) is 2.44. The van der Waals surface area contributed by atoms with E-state index in [0.717, 1.165) is 0 Å². The van der Waals surface area contributed by atoms with Gasteiger partial charge in [0.2, 0.25) is 0 Å². The maximum atomic E-state index is 13.3. The molecule has 5 heteroatoms. The molecule has 2 aromatic carbocycles. The summed E-state index contributed by atoms with van der Waals surface area (Å²) in [5, 5.41) is 0. The molecule has 2 rings (SSSR count). The van der Waals surface area contributed by atoms with Crippen LogP contribution in [-0.2, 0) is 0 Å². The number of anilines is 2. The molecule has 0 heterocycles. The van der Waals surface area contributed by atoms with Gasteiger partial charge in [0.05, 0.1) is 16.9 Å². The van der Waals surface area contributed by atoms with Gasteiger partial charge in [-0.3, -0.25) is 4.79 Å². The van der Waals surface area contributed by atoms with Crippen LogP contribution in [-0.4, -0.2) is 12.5 Å². The van der Waals surface area contributed by atoms with E-state index in [-0.39, 0.29) is 11.5 Å². The molecular weight excluding hydrogens is 323 g/mol. The highest BCUT2D eigenvalue weighted by molar-refractivity contribution is 9.10. The fourth-order valence-corrected chi connectivity index (χ4v) is 2.38. The molecule has 0 bridgehead atoms. The molecule has 3 nitrogen and oxygen atoms in total. The van der Waals surface area contributed by atoms with E-state index in [4.69, 9.17) is 5.73 Å². The topological polar surface area (TPSA) is 46.3 Å². The van der Waals surface area contributed by atoms with Gasteiger partial charge in [0.1, 0.15) is 5.82 Å². The number of carbonyl (C=O) groups excluding carboxylic acids is 1. The smallest absolute Gasteiger partial charge is 0.259 e. The summed E-state index contributed by atoms with van der Waals surface area (Å²) in [6.07, 6.45) is 0. The fraction of sp³-hybridized carbons (Fsp3) is 0.133. The zero-order valence-electron chi connectivity index (χ0n) is 10.9. The van der Waals surface area contributed by atoms with Crippen LogP contribution in [0.15, 0.2) is 46.9 Å². The summed E-state index contributed by atoms with van der Waals surface area (Å²) >= 11 is 3.27. The number of nitrogens with zero attached hydrogens (tertiary/aromatic N) is 1. The number of carbonyl (C=O) groups is 1. The van der Waals surface area contributed by atoms with Crippen LogP contribution in [0.2, 0.25) is 0 Å². The van der Waals surface area contributed by atoms with Gasteiger partial charge in [-0.05, 0) is 53.2 Å². The minimum Gasteiger partial charge on any atom is -0.397 e. The third-order valence-corrected chi connectivity index (χ3v) is 3.64. The SMILES string of the molecule is CCN(C(=O)c1cc(F)ccc1Br)c1ccccc1N. The molecule has 0 aromatic heterocycles. The zero-order valence-corrected chi connectivity index (χ0v) is 12.5. The Morgan fingerprint density at radius 3 is 2.65 bits per heavy atom. The van der Waals surface area contributed by atoms with E-state index in [2.05, 4.69) is 15.9 Å². The van der Waals surface area contributed by atoms with E-state index < -0.39 is 5.82 Å². The summed E-state index contributed by atoms with van der Waals surface area (Å²) < 4.78 is 13.9. The maximum Gasteiger partial charge on any atom is 0.259 e. The number of rotatable bonds is 3. The molecule has 0 saturated heterocycles. The Balaban J connectivity index is 2.45. The molecule has 0 atom stereocenters. The monoisotopic (exact) mass is 336 g/mol. The first-order valence-corrected chi connectivity index (χ1v) is 6.95. The molecule has 0 fully saturated rings. The van der Waals surface area contributed by atoms with Gasteiger partial charge in [-0.1, -0.05) is 12.1 Å². The molecule has 0 aliphatic heterocycles. The van der Waals surface area contributed by atoms with E-state index >= 15 is 0 Å². The second-order valence-corrected chi connectivity index (χ2v) is 5.09. The highest BCUT2D eigenvalue weighted by Crippen LogP contribution is 2.26. The van der Waals surface area contributed by atoms with Gasteiger partial charge >= 0.3 is 0 Å². The van der Waals surface area contributed by atoms with Crippen molar-refractivity contribution in [1.29, 1.82) is 0 Å². The zero-order chi connectivity index (χ0) is 14.7. The van der Waals surface area contributed by atoms with E-state index in [0.29, 0.717) is 22.4 Å². The van der Waals surface area contributed by atoms with Gasteiger partial charge in [0, 0.05) is 11.0 Å². The van der Waals surface area contributed by atoms with Crippen LogP contribution >= 0.6 is 15.9 Å². The molecule has 0 saturated carbocycles. The van der Waals surface area contributed by atoms with Crippen LogP contribution in [0, 0.1) is 5.82 Å². The van der Waals surface area contributed by atoms with E-state index in [1.54, 1.807) is 18.2 Å². The fourth-order valence-electron chi connectivity index (χ4n) is 1.96. The molecule has 2 aromatic rings. The van der Waals surface area contributed by atoms with Gasteiger partial charge in [0.25, 0.3) is 5.91 Å². The second kappa shape index (κ2) is 6.05. The standard InChI is InChI=1S/C15H14BrFN2O/c1-2-19(14-6-4-3-5-13(14)18)15(20)11-9-10(17)7-8-12(11)16/h3-9H,2,18H2,1H3. The van der Waals surface area contributed by atoms with Crippen molar-refractivity contribution in [3.8, 4) is 0 Å². The molecular formula is C15H14BrFN2O. The van der Waals surface area contributed by atoms with E-state index in [1.165, 1.54) is 23.1 Å². The quantitative estimate of drug-likeness (QED) is 0.865. The first-order valence-electron chi connectivity index (χ1n) is 6.16. The Bertz CT molecular complexity index is 646. The third kappa shape index (κ3) is 2.82. The molecule has 104 valence electrons. The molecule has 0 aliphatic rings. The Hall–Kier alpha value is -1.88. The summed E-state index contributed by atoms with van der Waals surface area (Å²) in [5.74, 6) is -0.745. The Morgan fingerprint density at radius 1 is 1.30 bits per heavy atom. The highest BCUT2D eigenvalue weighted by atomic mass is 79.9. The van der Waals surface area contributed by atoms with E-state index in [9.17, 15) is 9.18 Å². The lowest BCUT2D eigenvalue weighted by Crippen LogP contribution is -2.31. The number of amides is 1. The average molecular weight is 337 g/mol. The van der Waals surface area contributed by atoms with Gasteiger partial charge in [-0.25, -0.2) is 4.39 Å². The molecule has 2 N–H and O–H groups in total. The molecule has 0 spiro atoms. The number of hydrogen-bond acceptors (Lipinski definition) is 2. The van der Waals surface area contributed by atoms with Crippen molar-refractivity contribution in [3.63, 3.8) is 0 Å². The maximum absolute atomic E-state index is 13.3. The molecule has 0 unspecified atom stereocenters. The largest absolute Gasteiger partial charge is 0.397 e. The van der Waals surface area contributed by atoms with Crippen molar-refractivity contribution >= 4 is 33.2 Å². The number of nitrogens with two attached hydrogens (primary N) is 1. The van der Waals surface area contributed by atoms with Crippen molar-refractivity contribution < 1.29 is 9.18 Å². The number of benzene rings is 2.